The Bertz CT molecular complexity index is 499. The molecule has 0 aliphatic heterocycles. The molecule has 0 atom stereocenters. The number of nitrogens with one attached hydrogen (secondary N) is 1. The highest BCUT2D eigenvalue weighted by molar-refractivity contribution is 6.30. The van der Waals surface area contributed by atoms with E-state index >= 15 is 0 Å². The van der Waals surface area contributed by atoms with Crippen molar-refractivity contribution in [2.24, 2.45) is 0 Å². The fourth-order valence-electron chi connectivity index (χ4n) is 2.02. The van der Waals surface area contributed by atoms with E-state index < -0.39 is 0 Å². The monoisotopic (exact) mass is 289 g/mol. The fraction of sp³-hybridized carbons (Fsp3) is 0.312. The number of anilines is 1. The van der Waals surface area contributed by atoms with E-state index in [0.29, 0.717) is 5.02 Å². The minimum atomic E-state index is 0.665. The third-order valence-corrected chi connectivity index (χ3v) is 3.27. The zero-order valence-corrected chi connectivity index (χ0v) is 12.5. The molecule has 3 nitrogen and oxygen atoms in total. The molecule has 0 aliphatic rings. The molecule has 0 bridgehead atoms. The van der Waals surface area contributed by atoms with E-state index in [4.69, 9.17) is 11.6 Å². The van der Waals surface area contributed by atoms with E-state index in [0.717, 1.165) is 31.9 Å². The summed E-state index contributed by atoms with van der Waals surface area (Å²) < 4.78 is 0. The Morgan fingerprint density at radius 2 is 1.95 bits per heavy atom. The lowest BCUT2D eigenvalue weighted by molar-refractivity contribution is 0.325. The van der Waals surface area contributed by atoms with Gasteiger partial charge in [0, 0.05) is 19.3 Å². The van der Waals surface area contributed by atoms with Gasteiger partial charge in [0.15, 0.2) is 0 Å². The summed E-state index contributed by atoms with van der Waals surface area (Å²) in [7, 11) is 2.15. The first kappa shape index (κ1) is 14.8. The van der Waals surface area contributed by atoms with Gasteiger partial charge in [0.2, 0.25) is 0 Å². The Hall–Kier alpha value is -1.58. The van der Waals surface area contributed by atoms with E-state index in [-0.39, 0.29) is 0 Å². The van der Waals surface area contributed by atoms with Crippen LogP contribution in [-0.4, -0.2) is 30.0 Å². The first-order valence-electron chi connectivity index (χ1n) is 6.82. The summed E-state index contributed by atoms with van der Waals surface area (Å²) in [6.45, 7) is 2.95. The van der Waals surface area contributed by atoms with Crippen LogP contribution in [0.4, 0.5) is 5.82 Å². The molecule has 2 aromatic rings. The van der Waals surface area contributed by atoms with Crippen molar-refractivity contribution in [2.75, 3.05) is 25.5 Å². The highest BCUT2D eigenvalue weighted by Gasteiger charge is 2.00. The maximum Gasteiger partial charge on any atom is 0.125 e. The average molecular weight is 290 g/mol. The molecule has 2 rings (SSSR count). The van der Waals surface area contributed by atoms with E-state index in [2.05, 4.69) is 46.5 Å². The lowest BCUT2D eigenvalue weighted by Crippen LogP contribution is -2.21. The molecule has 0 saturated carbocycles. The van der Waals surface area contributed by atoms with Crippen LogP contribution in [0.5, 0.6) is 0 Å². The molecule has 0 fully saturated rings. The van der Waals surface area contributed by atoms with Gasteiger partial charge in [0.05, 0.1) is 5.02 Å². The maximum atomic E-state index is 5.79. The molecule has 106 valence electrons. The summed E-state index contributed by atoms with van der Waals surface area (Å²) in [4.78, 5) is 6.53. The molecule has 1 N–H and O–H groups in total. The third kappa shape index (κ3) is 5.19. The fourth-order valence-corrected chi connectivity index (χ4v) is 2.13. The van der Waals surface area contributed by atoms with Crippen LogP contribution in [0.2, 0.25) is 5.02 Å². The van der Waals surface area contributed by atoms with Crippen molar-refractivity contribution in [2.45, 2.75) is 13.0 Å². The maximum absolute atomic E-state index is 5.79. The number of hydrogen-bond donors (Lipinski definition) is 1. The first-order chi connectivity index (χ1) is 9.74. The first-order valence-corrected chi connectivity index (χ1v) is 7.20. The standard InChI is InChI=1S/C16H20ClN3/c1-20(13-14-6-3-2-4-7-14)11-5-10-18-16-9-8-15(17)12-19-16/h2-4,6-9,12H,5,10-11,13H2,1H3,(H,18,19). The van der Waals surface area contributed by atoms with Crippen molar-refractivity contribution in [1.82, 2.24) is 9.88 Å². The van der Waals surface area contributed by atoms with Gasteiger partial charge >= 0.3 is 0 Å². The zero-order valence-electron chi connectivity index (χ0n) is 11.7. The number of aromatic nitrogens is 1. The predicted molar refractivity (Wildman–Crippen MR) is 85.1 cm³/mol. The molecular formula is C16H20ClN3. The molecule has 0 saturated heterocycles. The molecule has 1 heterocycles. The van der Waals surface area contributed by atoms with Gasteiger partial charge in [0.1, 0.15) is 5.82 Å². The van der Waals surface area contributed by atoms with Gasteiger partial charge in [-0.2, -0.15) is 0 Å². The van der Waals surface area contributed by atoms with Crippen molar-refractivity contribution >= 4 is 17.4 Å². The second-order valence-electron chi connectivity index (χ2n) is 4.87. The molecule has 0 amide bonds. The van der Waals surface area contributed by atoms with Crippen molar-refractivity contribution in [3.8, 4) is 0 Å². The van der Waals surface area contributed by atoms with E-state index in [1.807, 2.05) is 18.2 Å². The van der Waals surface area contributed by atoms with Crippen LogP contribution in [0.3, 0.4) is 0 Å². The quantitative estimate of drug-likeness (QED) is 0.788. The van der Waals surface area contributed by atoms with E-state index in [1.54, 1.807) is 6.20 Å². The minimum absolute atomic E-state index is 0.665. The van der Waals surface area contributed by atoms with Gasteiger partial charge in [-0.1, -0.05) is 41.9 Å². The highest BCUT2D eigenvalue weighted by atomic mass is 35.5. The number of hydrogen-bond acceptors (Lipinski definition) is 3. The number of benzene rings is 1. The molecule has 0 unspecified atom stereocenters. The van der Waals surface area contributed by atoms with Crippen LogP contribution in [0.1, 0.15) is 12.0 Å². The number of nitrogens with zero attached hydrogens (tertiary/aromatic N) is 2. The minimum Gasteiger partial charge on any atom is -0.370 e. The Morgan fingerprint density at radius 3 is 2.65 bits per heavy atom. The van der Waals surface area contributed by atoms with Crippen molar-refractivity contribution in [3.05, 3.63) is 59.2 Å². The Balaban J connectivity index is 1.64. The Kier molecular flexibility index (Phi) is 5.84. The summed E-state index contributed by atoms with van der Waals surface area (Å²) in [6.07, 6.45) is 2.74. The van der Waals surface area contributed by atoms with Gasteiger partial charge in [-0.15, -0.1) is 0 Å². The van der Waals surface area contributed by atoms with Gasteiger partial charge in [0.25, 0.3) is 0 Å². The Morgan fingerprint density at radius 1 is 1.15 bits per heavy atom. The van der Waals surface area contributed by atoms with Crippen LogP contribution in [0.15, 0.2) is 48.7 Å². The molecule has 1 aromatic heterocycles. The van der Waals surface area contributed by atoms with Gasteiger partial charge in [-0.05, 0) is 37.7 Å². The lowest BCUT2D eigenvalue weighted by atomic mass is 10.2. The molecule has 4 heteroatoms. The molecule has 0 spiro atoms. The van der Waals surface area contributed by atoms with E-state index in [1.165, 1.54) is 5.56 Å². The average Bonchev–Trinajstić information content (AvgIpc) is 2.46. The van der Waals surface area contributed by atoms with Gasteiger partial charge in [-0.25, -0.2) is 4.98 Å². The summed E-state index contributed by atoms with van der Waals surface area (Å²) in [5.41, 5.74) is 1.35. The molecular weight excluding hydrogens is 270 g/mol. The third-order valence-electron chi connectivity index (χ3n) is 3.05. The highest BCUT2D eigenvalue weighted by Crippen LogP contribution is 2.09. The van der Waals surface area contributed by atoms with Crippen LogP contribution in [-0.2, 0) is 6.54 Å². The van der Waals surface area contributed by atoms with Crippen LogP contribution in [0.25, 0.3) is 0 Å². The van der Waals surface area contributed by atoms with E-state index in [9.17, 15) is 0 Å². The molecule has 1 aromatic carbocycles. The molecule has 0 radical (unpaired) electrons. The normalized spacial score (nSPS) is 10.8. The van der Waals surface area contributed by atoms with Crippen LogP contribution in [0, 0.1) is 0 Å². The predicted octanol–water partition coefficient (Wildman–Crippen LogP) is 3.67. The molecule has 0 aliphatic carbocycles. The zero-order chi connectivity index (χ0) is 14.2. The second kappa shape index (κ2) is 7.88. The summed E-state index contributed by atoms with van der Waals surface area (Å²) >= 11 is 5.79. The van der Waals surface area contributed by atoms with Gasteiger partial charge in [-0.3, -0.25) is 0 Å². The summed E-state index contributed by atoms with van der Waals surface area (Å²) in [6, 6.07) is 14.3. The Labute approximate surface area is 125 Å². The largest absolute Gasteiger partial charge is 0.370 e. The van der Waals surface area contributed by atoms with Crippen molar-refractivity contribution < 1.29 is 0 Å². The molecule has 20 heavy (non-hydrogen) atoms. The van der Waals surface area contributed by atoms with Crippen LogP contribution >= 0.6 is 11.6 Å². The summed E-state index contributed by atoms with van der Waals surface area (Å²) in [5.74, 6) is 0.875. The number of pyridine rings is 1. The smallest absolute Gasteiger partial charge is 0.125 e. The van der Waals surface area contributed by atoms with Gasteiger partial charge < -0.3 is 10.2 Å². The van der Waals surface area contributed by atoms with Crippen molar-refractivity contribution in [1.29, 1.82) is 0 Å². The SMILES string of the molecule is CN(CCCNc1ccc(Cl)cn1)Cc1ccccc1. The second-order valence-corrected chi connectivity index (χ2v) is 5.30. The number of rotatable bonds is 7. The lowest BCUT2D eigenvalue weighted by Gasteiger charge is -2.16. The van der Waals surface area contributed by atoms with Crippen LogP contribution < -0.4 is 5.32 Å². The number of halogens is 1. The van der Waals surface area contributed by atoms with Crippen molar-refractivity contribution in [3.63, 3.8) is 0 Å². The topological polar surface area (TPSA) is 28.2 Å². The summed E-state index contributed by atoms with van der Waals surface area (Å²) in [5, 5.41) is 3.96.